The smallest absolute Gasteiger partial charge is 0.283 e. The van der Waals surface area contributed by atoms with Crippen molar-refractivity contribution in [3.05, 3.63) is 56.6 Å². The van der Waals surface area contributed by atoms with Gasteiger partial charge in [-0.3, -0.25) is 19.7 Å². The van der Waals surface area contributed by atoms with Crippen molar-refractivity contribution in [1.29, 1.82) is 0 Å². The van der Waals surface area contributed by atoms with Crippen LogP contribution in [0.15, 0.2) is 30.3 Å². The van der Waals surface area contributed by atoms with Gasteiger partial charge < -0.3 is 19.1 Å². The normalized spacial score (nSPS) is 16.8. The quantitative estimate of drug-likeness (QED) is 0.502. The van der Waals surface area contributed by atoms with Crippen LogP contribution in [-0.4, -0.2) is 54.4 Å². The van der Waals surface area contributed by atoms with Crippen LogP contribution in [0, 0.1) is 10.1 Å². The highest BCUT2D eigenvalue weighted by molar-refractivity contribution is 6.31. The molecule has 0 radical (unpaired) electrons. The van der Waals surface area contributed by atoms with Gasteiger partial charge in [0.2, 0.25) is 5.75 Å². The van der Waals surface area contributed by atoms with Crippen molar-refractivity contribution in [2.75, 3.05) is 27.3 Å². The minimum absolute atomic E-state index is 0.0206. The van der Waals surface area contributed by atoms with E-state index in [0.29, 0.717) is 35.7 Å². The average Bonchev–Trinajstić information content (AvgIpc) is 2.78. The number of hydrogen-bond acceptors (Lipinski definition) is 7. The van der Waals surface area contributed by atoms with Crippen molar-refractivity contribution in [1.82, 2.24) is 4.90 Å². The predicted molar refractivity (Wildman–Crippen MR) is 115 cm³/mol. The summed E-state index contributed by atoms with van der Waals surface area (Å²) in [6, 6.07) is 7.30. The molecule has 0 bridgehead atoms. The molecule has 1 spiro atoms. The van der Waals surface area contributed by atoms with Crippen molar-refractivity contribution in [3.8, 4) is 17.2 Å². The Morgan fingerprint density at radius 3 is 2.53 bits per heavy atom. The van der Waals surface area contributed by atoms with E-state index in [2.05, 4.69) is 0 Å². The molecule has 2 aromatic rings. The summed E-state index contributed by atoms with van der Waals surface area (Å²) in [7, 11) is 2.98. The first kappa shape index (κ1) is 21.9. The van der Waals surface area contributed by atoms with Gasteiger partial charge in [-0.2, -0.15) is 0 Å². The number of nitro groups is 1. The molecular formula is C22H21ClN2O7. The first-order chi connectivity index (χ1) is 15.3. The molecule has 0 aliphatic carbocycles. The number of carbonyl (C=O) groups is 2. The van der Waals surface area contributed by atoms with E-state index < -0.39 is 16.4 Å². The maximum Gasteiger partial charge on any atom is 0.283 e. The fourth-order valence-electron chi connectivity index (χ4n) is 4.26. The van der Waals surface area contributed by atoms with Gasteiger partial charge in [-0.05, 0) is 24.3 Å². The average molecular weight is 461 g/mol. The number of hydrogen-bond donors (Lipinski definition) is 0. The highest BCUT2D eigenvalue weighted by Crippen LogP contribution is 2.48. The number of nitrogens with zero attached hydrogens (tertiary/aromatic N) is 2. The number of methoxy groups -OCH3 is 2. The van der Waals surface area contributed by atoms with E-state index in [9.17, 15) is 19.7 Å². The van der Waals surface area contributed by atoms with Crippen molar-refractivity contribution in [3.63, 3.8) is 0 Å². The van der Waals surface area contributed by atoms with E-state index >= 15 is 0 Å². The summed E-state index contributed by atoms with van der Waals surface area (Å²) in [4.78, 5) is 38.1. The van der Waals surface area contributed by atoms with E-state index in [0.717, 1.165) is 0 Å². The third-order valence-corrected chi connectivity index (χ3v) is 6.19. The van der Waals surface area contributed by atoms with Crippen LogP contribution in [0.4, 0.5) is 5.69 Å². The SMILES string of the molecule is COc1ccc2c(c1OC)OC1(CCN(C(=O)c3ccc(Cl)cc3[N+](=O)[O-])CC1)CC2=O. The lowest BCUT2D eigenvalue weighted by atomic mass is 9.82. The maximum absolute atomic E-state index is 13.0. The topological polar surface area (TPSA) is 108 Å². The van der Waals surface area contributed by atoms with Gasteiger partial charge in [-0.1, -0.05) is 11.6 Å². The van der Waals surface area contributed by atoms with Crippen LogP contribution in [0.1, 0.15) is 40.0 Å². The van der Waals surface area contributed by atoms with Crippen molar-refractivity contribution < 1.29 is 28.7 Å². The molecule has 0 atom stereocenters. The Morgan fingerprint density at radius 2 is 1.91 bits per heavy atom. The molecule has 2 aliphatic heterocycles. The summed E-state index contributed by atoms with van der Waals surface area (Å²) in [5.41, 5.74) is -0.708. The Kier molecular flexibility index (Phi) is 5.68. The molecule has 168 valence electrons. The molecule has 1 fully saturated rings. The molecule has 1 saturated heterocycles. The van der Waals surface area contributed by atoms with E-state index in [-0.39, 0.29) is 41.6 Å². The maximum atomic E-state index is 13.0. The van der Waals surface area contributed by atoms with E-state index in [1.807, 2.05) is 0 Å². The number of amides is 1. The standard InChI is InChI=1S/C22H21ClN2O7/c1-30-18-6-5-15-17(26)12-22(32-19(15)20(18)31-2)7-9-24(10-8-22)21(27)14-4-3-13(23)11-16(14)25(28)29/h3-6,11H,7-10,12H2,1-2H3. The van der Waals surface area contributed by atoms with Gasteiger partial charge >= 0.3 is 0 Å². The second-order valence-corrected chi connectivity index (χ2v) is 8.21. The lowest BCUT2D eigenvalue weighted by Crippen LogP contribution is -2.52. The zero-order chi connectivity index (χ0) is 23.0. The number of rotatable bonds is 4. The molecule has 9 nitrogen and oxygen atoms in total. The van der Waals surface area contributed by atoms with Gasteiger partial charge in [0.25, 0.3) is 11.6 Å². The molecular weight excluding hydrogens is 440 g/mol. The number of Topliss-reactive ketones (excluding diaryl/α,β-unsaturated/α-hetero) is 1. The van der Waals surface area contributed by atoms with Gasteiger partial charge in [0.05, 0.1) is 31.1 Å². The molecule has 0 saturated carbocycles. The van der Waals surface area contributed by atoms with Crippen molar-refractivity contribution in [2.45, 2.75) is 24.9 Å². The van der Waals surface area contributed by atoms with Crippen molar-refractivity contribution >= 4 is 29.0 Å². The molecule has 0 unspecified atom stereocenters. The van der Waals surface area contributed by atoms with Crippen LogP contribution < -0.4 is 14.2 Å². The molecule has 4 rings (SSSR count). The van der Waals surface area contributed by atoms with Crippen LogP contribution >= 0.6 is 11.6 Å². The molecule has 2 heterocycles. The second-order valence-electron chi connectivity index (χ2n) is 7.77. The molecule has 2 aliphatic rings. The Balaban J connectivity index is 1.56. The lowest BCUT2D eigenvalue weighted by Gasteiger charge is -2.44. The number of benzene rings is 2. The third kappa shape index (κ3) is 3.73. The molecule has 1 amide bonds. The molecule has 10 heteroatoms. The van der Waals surface area contributed by atoms with Gasteiger partial charge in [0.15, 0.2) is 17.3 Å². The molecule has 0 aromatic heterocycles. The van der Waals surface area contributed by atoms with Crippen LogP contribution in [0.25, 0.3) is 0 Å². The Morgan fingerprint density at radius 1 is 1.19 bits per heavy atom. The van der Waals surface area contributed by atoms with Gasteiger partial charge in [-0.15, -0.1) is 0 Å². The first-order valence-corrected chi connectivity index (χ1v) is 10.4. The Hall–Kier alpha value is -3.33. The van der Waals surface area contributed by atoms with Crippen LogP contribution in [0.5, 0.6) is 17.2 Å². The number of halogens is 1. The highest BCUT2D eigenvalue weighted by Gasteiger charge is 2.45. The number of carbonyl (C=O) groups excluding carboxylic acids is 2. The van der Waals surface area contributed by atoms with E-state index in [1.165, 1.54) is 37.3 Å². The number of nitro benzene ring substituents is 1. The van der Waals surface area contributed by atoms with Gasteiger partial charge in [-0.25, -0.2) is 0 Å². The number of ether oxygens (including phenoxy) is 3. The van der Waals surface area contributed by atoms with Crippen molar-refractivity contribution in [2.24, 2.45) is 0 Å². The molecule has 32 heavy (non-hydrogen) atoms. The van der Waals surface area contributed by atoms with Gasteiger partial charge in [0.1, 0.15) is 11.2 Å². The minimum atomic E-state index is -0.785. The molecule has 0 N–H and O–H groups in total. The number of fused-ring (bicyclic) bond motifs is 1. The fraction of sp³-hybridized carbons (Fsp3) is 0.364. The minimum Gasteiger partial charge on any atom is -0.493 e. The zero-order valence-electron chi connectivity index (χ0n) is 17.6. The number of piperidine rings is 1. The summed E-state index contributed by atoms with van der Waals surface area (Å²) < 4.78 is 17.1. The second kappa shape index (κ2) is 8.31. The fourth-order valence-corrected chi connectivity index (χ4v) is 4.43. The van der Waals surface area contributed by atoms with Crippen LogP contribution in [0.2, 0.25) is 5.02 Å². The monoisotopic (exact) mass is 460 g/mol. The largest absolute Gasteiger partial charge is 0.493 e. The van der Waals surface area contributed by atoms with E-state index in [4.69, 9.17) is 25.8 Å². The summed E-state index contributed by atoms with van der Waals surface area (Å²) in [5.74, 6) is 0.632. The third-order valence-electron chi connectivity index (χ3n) is 5.95. The number of likely N-dealkylation sites (tertiary alicyclic amines) is 1. The van der Waals surface area contributed by atoms with Gasteiger partial charge in [0, 0.05) is 37.0 Å². The summed E-state index contributed by atoms with van der Waals surface area (Å²) in [6.45, 7) is 0.570. The van der Waals surface area contributed by atoms with Crippen LogP contribution in [-0.2, 0) is 0 Å². The Bertz CT molecular complexity index is 1110. The highest BCUT2D eigenvalue weighted by atomic mass is 35.5. The number of ketones is 1. The van der Waals surface area contributed by atoms with E-state index in [1.54, 1.807) is 12.1 Å². The Labute approximate surface area is 189 Å². The first-order valence-electron chi connectivity index (χ1n) is 9.99. The zero-order valence-corrected chi connectivity index (χ0v) is 18.3. The summed E-state index contributed by atoms with van der Waals surface area (Å²) >= 11 is 5.85. The summed E-state index contributed by atoms with van der Waals surface area (Å²) in [6.07, 6.45) is 0.968. The molecule has 2 aromatic carbocycles. The predicted octanol–water partition coefficient (Wildman–Crippen LogP) is 3.91. The van der Waals surface area contributed by atoms with Crippen LogP contribution in [0.3, 0.4) is 0 Å². The summed E-state index contributed by atoms with van der Waals surface area (Å²) in [5, 5.41) is 11.5. The lowest BCUT2D eigenvalue weighted by molar-refractivity contribution is -0.385.